The van der Waals surface area contributed by atoms with Crippen LogP contribution in [0.25, 0.3) is 0 Å². The van der Waals surface area contributed by atoms with Gasteiger partial charge in [-0.3, -0.25) is 4.98 Å². The van der Waals surface area contributed by atoms with Gasteiger partial charge in [0.05, 0.1) is 5.69 Å². The molecule has 0 saturated carbocycles. The van der Waals surface area contributed by atoms with Crippen LogP contribution in [0.1, 0.15) is 5.69 Å². The second-order valence-electron chi connectivity index (χ2n) is 4.55. The molecule has 0 fully saturated rings. The van der Waals surface area contributed by atoms with E-state index >= 15 is 0 Å². The molecule has 0 bridgehead atoms. The van der Waals surface area contributed by atoms with Gasteiger partial charge in [-0.2, -0.15) is 35.5 Å². The molecule has 18 heavy (non-hydrogen) atoms. The first kappa shape index (κ1) is 15.2. The number of pyridine rings is 1. The average molecular weight is 437 g/mol. The molecule has 0 aliphatic heterocycles. The second-order valence-corrected chi connectivity index (χ2v) is 8.85. The first-order valence-corrected chi connectivity index (χ1v) is 8.64. The fourth-order valence-corrected chi connectivity index (χ4v) is 3.99. The van der Waals surface area contributed by atoms with Crippen molar-refractivity contribution in [2.75, 3.05) is 0 Å². The zero-order chi connectivity index (χ0) is 12.3. The number of alkyl halides is 1. The largest absolute Gasteiger partial charge is 0.260 e. The Morgan fingerprint density at radius 3 is 2.56 bits per heavy atom. The van der Waals surface area contributed by atoms with Gasteiger partial charge in [0.25, 0.3) is 0 Å². The number of hydrogen-bond acceptors (Lipinski definition) is 1. The third kappa shape index (κ3) is 3.13. The molecule has 97 valence electrons. The molecule has 0 amide bonds. The SMILES string of the molecule is C[Si](C)(c1[c-]cccc1)c1cccc(CF)n1.[Ir]. The Hall–Kier alpha value is -0.834. The van der Waals surface area contributed by atoms with Gasteiger partial charge in [0, 0.05) is 25.4 Å². The molecule has 1 aromatic carbocycles. The van der Waals surface area contributed by atoms with Crippen LogP contribution in [0.4, 0.5) is 4.39 Å². The van der Waals surface area contributed by atoms with Gasteiger partial charge >= 0.3 is 0 Å². The van der Waals surface area contributed by atoms with E-state index in [2.05, 4.69) is 30.2 Å². The van der Waals surface area contributed by atoms with Crippen molar-refractivity contribution >= 4 is 18.6 Å². The van der Waals surface area contributed by atoms with Crippen molar-refractivity contribution in [1.29, 1.82) is 0 Å². The zero-order valence-electron chi connectivity index (χ0n) is 10.4. The van der Waals surface area contributed by atoms with E-state index in [0.717, 1.165) is 5.32 Å². The Bertz CT molecular complexity index is 502. The number of rotatable bonds is 3. The van der Waals surface area contributed by atoms with Crippen molar-refractivity contribution in [2.45, 2.75) is 19.8 Å². The minimum Gasteiger partial charge on any atom is -0.260 e. The minimum absolute atomic E-state index is 0. The third-order valence-electron chi connectivity index (χ3n) is 2.97. The zero-order valence-corrected chi connectivity index (χ0v) is 13.8. The predicted molar refractivity (Wildman–Crippen MR) is 71.1 cm³/mol. The van der Waals surface area contributed by atoms with Gasteiger partial charge in [0.1, 0.15) is 14.7 Å². The molecular weight excluding hydrogens is 421 g/mol. The first-order chi connectivity index (χ1) is 8.14. The molecule has 1 radical (unpaired) electrons. The fraction of sp³-hybridized carbons (Fsp3) is 0.214. The number of aromatic nitrogens is 1. The maximum Gasteiger partial charge on any atom is 0.131 e. The molecule has 0 aliphatic rings. The summed E-state index contributed by atoms with van der Waals surface area (Å²) in [6.07, 6.45) is 0. The summed E-state index contributed by atoms with van der Waals surface area (Å²) in [5, 5.41) is 2.21. The Labute approximate surface area is 122 Å². The normalized spacial score (nSPS) is 10.8. The molecule has 2 rings (SSSR count). The molecule has 1 nitrogen and oxygen atoms in total. The molecule has 0 unspecified atom stereocenters. The standard InChI is InChI=1S/C14H15FNSi.Ir/c1-17(2,13-8-4-3-5-9-13)14-10-6-7-12(11-15)16-14;/h3-8,10H,11H2,1-2H3;/q-1;. The molecule has 0 atom stereocenters. The van der Waals surface area contributed by atoms with E-state index in [1.54, 1.807) is 6.07 Å². The monoisotopic (exact) mass is 437 g/mol. The molecule has 1 aromatic heterocycles. The van der Waals surface area contributed by atoms with E-state index in [9.17, 15) is 4.39 Å². The fourth-order valence-electron chi connectivity index (χ4n) is 1.82. The van der Waals surface area contributed by atoms with Gasteiger partial charge < -0.3 is 0 Å². The van der Waals surface area contributed by atoms with E-state index < -0.39 is 14.7 Å². The molecule has 2 aromatic rings. The first-order valence-electron chi connectivity index (χ1n) is 5.64. The van der Waals surface area contributed by atoms with E-state index in [1.807, 2.05) is 30.3 Å². The van der Waals surface area contributed by atoms with Gasteiger partial charge in [-0.15, -0.1) is 0 Å². The van der Waals surface area contributed by atoms with Crippen LogP contribution >= 0.6 is 0 Å². The molecule has 0 aliphatic carbocycles. The van der Waals surface area contributed by atoms with Gasteiger partial charge in [-0.05, 0) is 12.1 Å². The quantitative estimate of drug-likeness (QED) is 0.531. The Morgan fingerprint density at radius 1 is 1.17 bits per heavy atom. The molecule has 4 heteroatoms. The van der Waals surface area contributed by atoms with E-state index in [1.165, 1.54) is 5.19 Å². The van der Waals surface area contributed by atoms with Crippen molar-refractivity contribution in [1.82, 2.24) is 4.98 Å². The predicted octanol–water partition coefficient (Wildman–Crippen LogP) is 2.17. The van der Waals surface area contributed by atoms with Crippen LogP contribution in [-0.2, 0) is 26.8 Å². The summed E-state index contributed by atoms with van der Waals surface area (Å²) in [5.41, 5.74) is 0.513. The smallest absolute Gasteiger partial charge is 0.131 e. The summed E-state index contributed by atoms with van der Waals surface area (Å²) in [7, 11) is -1.84. The van der Waals surface area contributed by atoms with Gasteiger partial charge in [-0.25, -0.2) is 4.39 Å². The van der Waals surface area contributed by atoms with Crippen LogP contribution in [0.3, 0.4) is 0 Å². The van der Waals surface area contributed by atoms with Gasteiger partial charge in [0.2, 0.25) is 0 Å². The summed E-state index contributed by atoms with van der Waals surface area (Å²) in [6.45, 7) is 3.92. The van der Waals surface area contributed by atoms with E-state index in [4.69, 9.17) is 0 Å². The second kappa shape index (κ2) is 6.37. The van der Waals surface area contributed by atoms with Crippen molar-refractivity contribution in [2.24, 2.45) is 0 Å². The van der Waals surface area contributed by atoms with Crippen molar-refractivity contribution in [3.63, 3.8) is 0 Å². The minimum atomic E-state index is -1.84. The topological polar surface area (TPSA) is 12.9 Å². The molecule has 1 heterocycles. The average Bonchev–Trinajstić information content (AvgIpc) is 2.40. The molecular formula is C14H15FIrNSi-. The van der Waals surface area contributed by atoms with Crippen LogP contribution in [0.15, 0.2) is 42.5 Å². The van der Waals surface area contributed by atoms with Crippen molar-refractivity contribution in [3.05, 3.63) is 54.2 Å². The number of nitrogens with zero attached hydrogens (tertiary/aromatic N) is 1. The Morgan fingerprint density at radius 2 is 1.94 bits per heavy atom. The van der Waals surface area contributed by atoms with Gasteiger partial charge in [-0.1, -0.05) is 19.2 Å². The van der Waals surface area contributed by atoms with E-state index in [0.29, 0.717) is 5.69 Å². The summed E-state index contributed by atoms with van der Waals surface area (Å²) < 4.78 is 12.6. The number of hydrogen-bond donors (Lipinski definition) is 0. The number of benzene rings is 1. The molecule has 0 saturated heterocycles. The van der Waals surface area contributed by atoms with Crippen molar-refractivity contribution in [3.8, 4) is 0 Å². The maximum atomic E-state index is 12.6. The van der Waals surface area contributed by atoms with Gasteiger partial charge in [0.15, 0.2) is 0 Å². The Kier molecular flexibility index (Phi) is 5.39. The summed E-state index contributed by atoms with van der Waals surface area (Å²) in [4.78, 5) is 4.41. The van der Waals surface area contributed by atoms with Crippen molar-refractivity contribution < 1.29 is 24.5 Å². The molecule has 0 N–H and O–H groups in total. The van der Waals surface area contributed by atoms with Crippen LogP contribution in [0.2, 0.25) is 13.1 Å². The summed E-state index contributed by atoms with van der Waals surface area (Å²) in [5.74, 6) is 0. The third-order valence-corrected chi connectivity index (χ3v) is 6.18. The number of halogens is 1. The molecule has 0 spiro atoms. The maximum absolute atomic E-state index is 12.6. The van der Waals surface area contributed by atoms with Crippen LogP contribution in [-0.4, -0.2) is 13.1 Å². The van der Waals surface area contributed by atoms with Crippen LogP contribution in [0.5, 0.6) is 0 Å². The summed E-state index contributed by atoms with van der Waals surface area (Å²) in [6, 6.07) is 16.8. The summed E-state index contributed by atoms with van der Waals surface area (Å²) >= 11 is 0. The Balaban J connectivity index is 0.00000162. The van der Waals surface area contributed by atoms with Crippen LogP contribution in [0, 0.1) is 6.07 Å². The van der Waals surface area contributed by atoms with Crippen LogP contribution < -0.4 is 10.5 Å². The van der Waals surface area contributed by atoms with E-state index in [-0.39, 0.29) is 20.1 Å².